The molecule has 2 heterocycles. The Hall–Kier alpha value is -1.97. The Morgan fingerprint density at radius 2 is 2.12 bits per heavy atom. The first-order valence-electron chi connectivity index (χ1n) is 5.68. The third kappa shape index (κ3) is 3.83. The van der Waals surface area contributed by atoms with Gasteiger partial charge in [0.05, 0.1) is 18.3 Å². The first-order valence-corrected chi connectivity index (χ1v) is 5.68. The first-order chi connectivity index (χ1) is 8.25. The molecule has 0 atom stereocenters. The summed E-state index contributed by atoms with van der Waals surface area (Å²) in [5, 5.41) is 4.10. The second-order valence-electron chi connectivity index (χ2n) is 3.34. The predicted molar refractivity (Wildman–Crippen MR) is 66.9 cm³/mol. The minimum atomic E-state index is 0.0347. The lowest BCUT2D eigenvalue weighted by molar-refractivity contribution is 0.101. The zero-order chi connectivity index (χ0) is 12.7. The van der Waals surface area contributed by atoms with Gasteiger partial charge in [-0.25, -0.2) is 0 Å². The molecule has 90 valence electrons. The summed E-state index contributed by atoms with van der Waals surface area (Å²) in [6.45, 7) is 6.17. The number of hydrogen-bond donors (Lipinski definition) is 0. The molecule has 0 amide bonds. The average molecular weight is 231 g/mol. The maximum atomic E-state index is 11.0. The van der Waals surface area contributed by atoms with E-state index in [0.717, 1.165) is 5.56 Å². The monoisotopic (exact) mass is 231 g/mol. The zero-order valence-corrected chi connectivity index (χ0v) is 10.4. The Morgan fingerprint density at radius 3 is 2.65 bits per heavy atom. The van der Waals surface area contributed by atoms with Crippen LogP contribution in [-0.4, -0.2) is 20.5 Å². The molecule has 0 saturated heterocycles. The predicted octanol–water partition coefficient (Wildman–Crippen LogP) is 2.56. The smallest absolute Gasteiger partial charge is 0.162 e. The molecule has 0 aliphatic carbocycles. The van der Waals surface area contributed by atoms with E-state index in [-0.39, 0.29) is 5.78 Å². The summed E-state index contributed by atoms with van der Waals surface area (Å²) in [6, 6.07) is 3.85. The molecule has 0 spiro atoms. The lowest BCUT2D eigenvalue weighted by atomic mass is 10.2. The van der Waals surface area contributed by atoms with Crippen molar-refractivity contribution in [1.29, 1.82) is 0 Å². The number of Topliss-reactive ketones (excluding diaryl/α,β-unsaturated/α-hetero) is 1. The van der Waals surface area contributed by atoms with Gasteiger partial charge < -0.3 is 0 Å². The molecule has 0 radical (unpaired) electrons. The molecule has 0 bridgehead atoms. The van der Waals surface area contributed by atoms with Crippen LogP contribution in [0, 0.1) is 0 Å². The SMILES string of the molecule is CC.CC(=O)c1cnn(Cc2cccnc2)c1. The highest BCUT2D eigenvalue weighted by Gasteiger charge is 2.03. The number of pyridine rings is 1. The fourth-order valence-electron chi connectivity index (χ4n) is 1.31. The van der Waals surface area contributed by atoms with Gasteiger partial charge in [0, 0.05) is 18.6 Å². The van der Waals surface area contributed by atoms with Gasteiger partial charge >= 0.3 is 0 Å². The van der Waals surface area contributed by atoms with Crippen molar-refractivity contribution >= 4 is 5.78 Å². The van der Waals surface area contributed by atoms with E-state index in [2.05, 4.69) is 10.1 Å². The molecule has 0 saturated carbocycles. The van der Waals surface area contributed by atoms with Crippen molar-refractivity contribution in [2.24, 2.45) is 0 Å². The van der Waals surface area contributed by atoms with E-state index >= 15 is 0 Å². The third-order valence-corrected chi connectivity index (χ3v) is 2.11. The van der Waals surface area contributed by atoms with Gasteiger partial charge in [-0.2, -0.15) is 5.10 Å². The summed E-state index contributed by atoms with van der Waals surface area (Å²) in [5.74, 6) is 0.0347. The molecule has 0 aliphatic rings. The van der Waals surface area contributed by atoms with Crippen LogP contribution in [0.15, 0.2) is 36.9 Å². The standard InChI is InChI=1S/C11H11N3O.C2H6/c1-9(15)11-6-13-14(8-11)7-10-3-2-4-12-5-10;1-2/h2-6,8H,7H2,1H3;1-2H3. The number of carbonyl (C=O) groups is 1. The highest BCUT2D eigenvalue weighted by molar-refractivity contribution is 5.93. The van der Waals surface area contributed by atoms with Gasteiger partial charge in [-0.1, -0.05) is 19.9 Å². The molecule has 0 unspecified atom stereocenters. The summed E-state index contributed by atoms with van der Waals surface area (Å²) < 4.78 is 1.73. The van der Waals surface area contributed by atoms with Gasteiger partial charge in [-0.15, -0.1) is 0 Å². The summed E-state index contributed by atoms with van der Waals surface area (Å²) in [6.07, 6.45) is 6.84. The van der Waals surface area contributed by atoms with Crippen LogP contribution in [0.2, 0.25) is 0 Å². The van der Waals surface area contributed by atoms with Gasteiger partial charge in [0.2, 0.25) is 0 Å². The van der Waals surface area contributed by atoms with E-state index in [9.17, 15) is 4.79 Å². The molecule has 0 aromatic carbocycles. The van der Waals surface area contributed by atoms with Crippen LogP contribution in [0.5, 0.6) is 0 Å². The second-order valence-corrected chi connectivity index (χ2v) is 3.34. The van der Waals surface area contributed by atoms with Crippen molar-refractivity contribution < 1.29 is 4.79 Å². The van der Waals surface area contributed by atoms with Crippen LogP contribution in [0.3, 0.4) is 0 Å². The molecule has 2 rings (SSSR count). The molecule has 0 fully saturated rings. The highest BCUT2D eigenvalue weighted by Crippen LogP contribution is 2.03. The number of ketones is 1. The van der Waals surface area contributed by atoms with Crippen molar-refractivity contribution in [3.05, 3.63) is 48.0 Å². The first kappa shape index (κ1) is 13.1. The lowest BCUT2D eigenvalue weighted by Crippen LogP contribution is -2.00. The third-order valence-electron chi connectivity index (χ3n) is 2.11. The van der Waals surface area contributed by atoms with Crippen LogP contribution in [0.1, 0.15) is 36.7 Å². The highest BCUT2D eigenvalue weighted by atomic mass is 16.1. The fourth-order valence-corrected chi connectivity index (χ4v) is 1.31. The molecule has 0 aliphatic heterocycles. The maximum Gasteiger partial charge on any atom is 0.162 e. The minimum absolute atomic E-state index is 0.0347. The maximum absolute atomic E-state index is 11.0. The van der Waals surface area contributed by atoms with Gasteiger partial charge in [0.1, 0.15) is 0 Å². The number of hydrogen-bond acceptors (Lipinski definition) is 3. The Balaban J connectivity index is 0.000000686. The molecule has 2 aromatic rings. The van der Waals surface area contributed by atoms with Crippen molar-refractivity contribution in [3.8, 4) is 0 Å². The topological polar surface area (TPSA) is 47.8 Å². The average Bonchev–Trinajstić information content (AvgIpc) is 2.82. The van der Waals surface area contributed by atoms with Crippen molar-refractivity contribution in [2.45, 2.75) is 27.3 Å². The van der Waals surface area contributed by atoms with Crippen LogP contribution < -0.4 is 0 Å². The van der Waals surface area contributed by atoms with Crippen LogP contribution in [0.25, 0.3) is 0 Å². The van der Waals surface area contributed by atoms with E-state index in [0.29, 0.717) is 12.1 Å². The molecular weight excluding hydrogens is 214 g/mol. The van der Waals surface area contributed by atoms with Crippen LogP contribution >= 0.6 is 0 Å². The summed E-state index contributed by atoms with van der Waals surface area (Å²) in [5.41, 5.74) is 1.70. The number of carbonyl (C=O) groups excluding carboxylic acids is 1. The van der Waals surface area contributed by atoms with Crippen molar-refractivity contribution in [2.75, 3.05) is 0 Å². The molecule has 0 N–H and O–H groups in total. The minimum Gasteiger partial charge on any atom is -0.294 e. The second kappa shape index (κ2) is 6.58. The number of aromatic nitrogens is 3. The zero-order valence-electron chi connectivity index (χ0n) is 10.4. The normalized spacial score (nSPS) is 9.35. The van der Waals surface area contributed by atoms with E-state index in [1.54, 1.807) is 29.5 Å². The summed E-state index contributed by atoms with van der Waals surface area (Å²) in [4.78, 5) is 15.1. The lowest BCUT2D eigenvalue weighted by Gasteiger charge is -1.99. The van der Waals surface area contributed by atoms with E-state index in [1.165, 1.54) is 6.92 Å². The van der Waals surface area contributed by atoms with Crippen molar-refractivity contribution in [3.63, 3.8) is 0 Å². The Bertz CT molecular complexity index is 463. The van der Waals surface area contributed by atoms with E-state index in [1.807, 2.05) is 26.0 Å². The number of nitrogens with zero attached hydrogens (tertiary/aromatic N) is 3. The Labute approximate surface area is 101 Å². The Morgan fingerprint density at radius 1 is 1.35 bits per heavy atom. The quantitative estimate of drug-likeness (QED) is 0.763. The van der Waals surface area contributed by atoms with Gasteiger partial charge in [-0.05, 0) is 18.6 Å². The molecular formula is C13H17N3O. The molecule has 17 heavy (non-hydrogen) atoms. The largest absolute Gasteiger partial charge is 0.294 e. The van der Waals surface area contributed by atoms with Crippen LogP contribution in [-0.2, 0) is 6.54 Å². The number of rotatable bonds is 3. The molecule has 2 aromatic heterocycles. The summed E-state index contributed by atoms with van der Waals surface area (Å²) >= 11 is 0. The molecule has 4 nitrogen and oxygen atoms in total. The van der Waals surface area contributed by atoms with Gasteiger partial charge in [0.15, 0.2) is 5.78 Å². The summed E-state index contributed by atoms with van der Waals surface area (Å²) in [7, 11) is 0. The van der Waals surface area contributed by atoms with Gasteiger partial charge in [0.25, 0.3) is 0 Å². The Kier molecular flexibility index (Phi) is 5.07. The van der Waals surface area contributed by atoms with Gasteiger partial charge in [-0.3, -0.25) is 14.5 Å². The fraction of sp³-hybridized carbons (Fsp3) is 0.308. The van der Waals surface area contributed by atoms with Crippen molar-refractivity contribution in [1.82, 2.24) is 14.8 Å². The molecule has 4 heteroatoms. The van der Waals surface area contributed by atoms with E-state index in [4.69, 9.17) is 0 Å². The van der Waals surface area contributed by atoms with Crippen LogP contribution in [0.4, 0.5) is 0 Å². The van der Waals surface area contributed by atoms with E-state index < -0.39 is 0 Å².